The molecule has 39 heavy (non-hydrogen) atoms. The lowest BCUT2D eigenvalue weighted by Crippen LogP contribution is -2.52. The minimum Gasteiger partial charge on any atom is -0.352 e. The number of halogens is 2. The van der Waals surface area contributed by atoms with Gasteiger partial charge in [0.15, 0.2) is 0 Å². The number of nitrogens with one attached hydrogen (secondary N) is 1. The third-order valence-corrected chi connectivity index (χ3v) is 8.69. The van der Waals surface area contributed by atoms with E-state index in [2.05, 4.69) is 21.2 Å². The zero-order chi connectivity index (χ0) is 28.7. The highest BCUT2D eigenvalue weighted by molar-refractivity contribution is 9.10. The number of anilines is 1. The van der Waals surface area contributed by atoms with E-state index in [1.54, 1.807) is 31.2 Å². The van der Waals surface area contributed by atoms with Gasteiger partial charge in [0.05, 0.1) is 10.6 Å². The molecule has 0 aliphatic heterocycles. The summed E-state index contributed by atoms with van der Waals surface area (Å²) in [6.45, 7) is 6.84. The minimum absolute atomic E-state index is 0.0890. The molecular weight excluding hydrogens is 585 g/mol. The van der Waals surface area contributed by atoms with Crippen molar-refractivity contribution in [3.05, 3.63) is 94.2 Å². The van der Waals surface area contributed by atoms with Gasteiger partial charge in [-0.05, 0) is 81.3 Å². The van der Waals surface area contributed by atoms with E-state index in [4.69, 9.17) is 0 Å². The van der Waals surface area contributed by atoms with Crippen molar-refractivity contribution in [1.29, 1.82) is 0 Å². The first-order valence-electron chi connectivity index (χ1n) is 12.6. The van der Waals surface area contributed by atoms with Crippen molar-refractivity contribution < 1.29 is 22.4 Å². The van der Waals surface area contributed by atoms with Crippen LogP contribution in [0.4, 0.5) is 10.1 Å². The summed E-state index contributed by atoms with van der Waals surface area (Å²) < 4.78 is 42.8. The molecule has 3 rings (SSSR count). The molecule has 7 nitrogen and oxygen atoms in total. The molecule has 3 aromatic rings. The van der Waals surface area contributed by atoms with Crippen LogP contribution in [0.3, 0.4) is 0 Å². The van der Waals surface area contributed by atoms with Gasteiger partial charge >= 0.3 is 0 Å². The topological polar surface area (TPSA) is 86.8 Å². The largest absolute Gasteiger partial charge is 0.352 e. The predicted molar refractivity (Wildman–Crippen MR) is 154 cm³/mol. The average Bonchev–Trinajstić information content (AvgIpc) is 2.90. The zero-order valence-electron chi connectivity index (χ0n) is 22.4. The molecule has 0 aliphatic carbocycles. The Hall–Kier alpha value is -3.24. The van der Waals surface area contributed by atoms with Crippen molar-refractivity contribution in [3.8, 4) is 0 Å². The van der Waals surface area contributed by atoms with Crippen LogP contribution in [0.1, 0.15) is 38.3 Å². The number of amides is 2. The van der Waals surface area contributed by atoms with Crippen molar-refractivity contribution in [2.24, 2.45) is 0 Å². The summed E-state index contributed by atoms with van der Waals surface area (Å²) >= 11 is 3.43. The molecule has 1 N–H and O–H groups in total. The SMILES string of the molecule is CC[C@H](C)NC(=O)[C@H](C)N(Cc1cccc(Br)c1)C(=O)CN(c1ccc(C)cc1)S(=O)(=O)c1ccc(F)cc1. The maximum Gasteiger partial charge on any atom is 0.264 e. The first-order valence-corrected chi connectivity index (χ1v) is 14.8. The molecule has 0 spiro atoms. The van der Waals surface area contributed by atoms with Crippen LogP contribution in [-0.4, -0.2) is 43.8 Å². The molecule has 0 saturated carbocycles. The van der Waals surface area contributed by atoms with Gasteiger partial charge in [-0.1, -0.05) is 52.7 Å². The van der Waals surface area contributed by atoms with Gasteiger partial charge in [0.2, 0.25) is 11.8 Å². The van der Waals surface area contributed by atoms with E-state index >= 15 is 0 Å². The Bertz CT molecular complexity index is 1400. The van der Waals surface area contributed by atoms with E-state index in [-0.39, 0.29) is 29.1 Å². The molecule has 0 aromatic heterocycles. The number of nitrogens with zero attached hydrogens (tertiary/aromatic N) is 2. The Labute approximate surface area is 238 Å². The van der Waals surface area contributed by atoms with E-state index < -0.39 is 34.3 Å². The number of carbonyl (C=O) groups excluding carboxylic acids is 2. The van der Waals surface area contributed by atoms with Crippen molar-refractivity contribution in [2.75, 3.05) is 10.8 Å². The van der Waals surface area contributed by atoms with Crippen LogP contribution in [-0.2, 0) is 26.2 Å². The molecular formula is C29H33BrFN3O4S. The van der Waals surface area contributed by atoms with Crippen molar-refractivity contribution in [2.45, 2.75) is 57.6 Å². The highest BCUT2D eigenvalue weighted by atomic mass is 79.9. The van der Waals surface area contributed by atoms with Crippen LogP contribution in [0.5, 0.6) is 0 Å². The second kappa shape index (κ2) is 13.2. The summed E-state index contributed by atoms with van der Waals surface area (Å²) in [5, 5.41) is 2.90. The molecule has 10 heteroatoms. The third-order valence-electron chi connectivity index (χ3n) is 6.41. The highest BCUT2D eigenvalue weighted by Gasteiger charge is 2.32. The monoisotopic (exact) mass is 617 g/mol. The smallest absolute Gasteiger partial charge is 0.264 e. The third kappa shape index (κ3) is 7.89. The van der Waals surface area contributed by atoms with Gasteiger partial charge in [-0.25, -0.2) is 12.8 Å². The van der Waals surface area contributed by atoms with Gasteiger partial charge in [0, 0.05) is 17.1 Å². The van der Waals surface area contributed by atoms with Gasteiger partial charge in [-0.3, -0.25) is 13.9 Å². The van der Waals surface area contributed by atoms with Crippen molar-refractivity contribution in [3.63, 3.8) is 0 Å². The van der Waals surface area contributed by atoms with Crippen LogP contribution in [0, 0.1) is 12.7 Å². The maximum absolute atomic E-state index is 13.9. The van der Waals surface area contributed by atoms with Crippen molar-refractivity contribution in [1.82, 2.24) is 10.2 Å². The maximum atomic E-state index is 13.9. The van der Waals surface area contributed by atoms with E-state index in [0.717, 1.165) is 50.6 Å². The highest BCUT2D eigenvalue weighted by Crippen LogP contribution is 2.25. The lowest BCUT2D eigenvalue weighted by atomic mass is 10.1. The lowest BCUT2D eigenvalue weighted by Gasteiger charge is -2.32. The van der Waals surface area contributed by atoms with E-state index in [9.17, 15) is 22.4 Å². The zero-order valence-corrected chi connectivity index (χ0v) is 24.8. The Morgan fingerprint density at radius 2 is 1.64 bits per heavy atom. The fourth-order valence-corrected chi connectivity index (χ4v) is 5.71. The summed E-state index contributed by atoms with van der Waals surface area (Å²) in [5.74, 6) is -1.47. The van der Waals surface area contributed by atoms with E-state index in [1.165, 1.54) is 4.90 Å². The fraction of sp³-hybridized carbons (Fsp3) is 0.310. The van der Waals surface area contributed by atoms with Gasteiger partial charge in [0.1, 0.15) is 18.4 Å². The van der Waals surface area contributed by atoms with Gasteiger partial charge in [-0.15, -0.1) is 0 Å². The second-order valence-electron chi connectivity index (χ2n) is 9.45. The number of benzene rings is 3. The number of hydrogen-bond donors (Lipinski definition) is 1. The average molecular weight is 619 g/mol. The van der Waals surface area contributed by atoms with E-state index in [1.807, 2.05) is 45.0 Å². The van der Waals surface area contributed by atoms with Crippen LogP contribution >= 0.6 is 15.9 Å². The van der Waals surface area contributed by atoms with Gasteiger partial charge in [0.25, 0.3) is 10.0 Å². The molecule has 2 amide bonds. The summed E-state index contributed by atoms with van der Waals surface area (Å²) in [5.41, 5.74) is 1.96. The molecule has 2 atom stereocenters. The Kier molecular flexibility index (Phi) is 10.3. The molecule has 208 valence electrons. The summed E-state index contributed by atoms with van der Waals surface area (Å²) in [7, 11) is -4.25. The standard InChI is InChI=1S/C29H33BrFN3O4S/c1-5-21(3)32-29(36)22(4)33(18-23-7-6-8-24(30)17-23)28(35)19-34(26-13-9-20(2)10-14-26)39(37,38)27-15-11-25(31)12-16-27/h6-17,21-22H,5,18-19H2,1-4H3,(H,32,36)/t21-,22-/m0/s1. The molecule has 0 heterocycles. The molecule has 0 radical (unpaired) electrons. The molecule has 0 aliphatic rings. The van der Waals surface area contributed by atoms with Crippen LogP contribution in [0.15, 0.2) is 82.2 Å². The summed E-state index contributed by atoms with van der Waals surface area (Å²) in [6.07, 6.45) is 0.717. The molecule has 0 bridgehead atoms. The second-order valence-corrected chi connectivity index (χ2v) is 12.2. The first-order chi connectivity index (χ1) is 18.4. The normalized spacial score (nSPS) is 12.9. The number of sulfonamides is 1. The van der Waals surface area contributed by atoms with Gasteiger partial charge in [-0.2, -0.15) is 0 Å². The molecule has 0 fully saturated rings. The Morgan fingerprint density at radius 1 is 1.00 bits per heavy atom. The molecule has 0 unspecified atom stereocenters. The van der Waals surface area contributed by atoms with Crippen molar-refractivity contribution >= 4 is 43.5 Å². The van der Waals surface area contributed by atoms with Crippen LogP contribution in [0.2, 0.25) is 0 Å². The van der Waals surface area contributed by atoms with E-state index in [0.29, 0.717) is 0 Å². The summed E-state index contributed by atoms with van der Waals surface area (Å²) in [6, 6.07) is 17.5. The Balaban J connectivity index is 2.02. The number of rotatable bonds is 11. The lowest BCUT2D eigenvalue weighted by molar-refractivity contribution is -0.139. The number of aryl methyl sites for hydroxylation is 1. The fourth-order valence-electron chi connectivity index (χ4n) is 3.85. The van der Waals surface area contributed by atoms with Crippen LogP contribution < -0.4 is 9.62 Å². The summed E-state index contributed by atoms with van der Waals surface area (Å²) in [4.78, 5) is 28.2. The minimum atomic E-state index is -4.25. The first kappa shape index (κ1) is 30.3. The quantitative estimate of drug-likeness (QED) is 0.311. The number of carbonyl (C=O) groups is 2. The predicted octanol–water partition coefficient (Wildman–Crippen LogP) is 5.42. The van der Waals surface area contributed by atoms with Gasteiger partial charge < -0.3 is 10.2 Å². The Morgan fingerprint density at radius 3 is 2.23 bits per heavy atom. The molecule has 3 aromatic carbocycles. The molecule has 0 saturated heterocycles. The number of hydrogen-bond acceptors (Lipinski definition) is 4. The van der Waals surface area contributed by atoms with Crippen LogP contribution in [0.25, 0.3) is 0 Å².